The summed E-state index contributed by atoms with van der Waals surface area (Å²) in [5, 5.41) is 14.7. The van der Waals surface area contributed by atoms with Gasteiger partial charge in [0, 0.05) is 6.07 Å². The van der Waals surface area contributed by atoms with E-state index in [1.54, 1.807) is 12.1 Å². The van der Waals surface area contributed by atoms with Crippen LogP contribution in [0.25, 0.3) is 5.69 Å². The number of rotatable bonds is 6. The van der Waals surface area contributed by atoms with Gasteiger partial charge in [0.1, 0.15) is 11.5 Å². The molecule has 0 saturated carbocycles. The van der Waals surface area contributed by atoms with Crippen molar-refractivity contribution in [2.45, 2.75) is 12.5 Å². The van der Waals surface area contributed by atoms with Crippen LogP contribution in [-0.2, 0) is 4.79 Å². The highest BCUT2D eigenvalue weighted by molar-refractivity contribution is 6.42. The summed E-state index contributed by atoms with van der Waals surface area (Å²) in [6.45, 7) is 0. The number of H-pyrrole nitrogens is 1. The van der Waals surface area contributed by atoms with E-state index in [-0.39, 0.29) is 15.7 Å². The number of carbonyl (C=O) groups is 2. The molecule has 0 fully saturated rings. The zero-order valence-corrected chi connectivity index (χ0v) is 16.2. The minimum absolute atomic E-state index is 0.104. The smallest absolute Gasteiger partial charge is 0.305 e. The molecular weight excluding hydrogens is 424 g/mol. The third-order valence-corrected chi connectivity index (χ3v) is 4.92. The molecule has 0 saturated heterocycles. The number of nitrogens with one attached hydrogen (secondary N) is 2. The predicted octanol–water partition coefficient (Wildman–Crippen LogP) is 3.56. The van der Waals surface area contributed by atoms with E-state index in [4.69, 9.17) is 23.2 Å². The molecule has 7 nitrogen and oxygen atoms in total. The second kappa shape index (κ2) is 8.50. The van der Waals surface area contributed by atoms with E-state index in [1.165, 1.54) is 30.3 Å². The van der Waals surface area contributed by atoms with Crippen LogP contribution in [0, 0.1) is 5.82 Å². The lowest BCUT2D eigenvalue weighted by molar-refractivity contribution is -0.137. The second-order valence-corrected chi connectivity index (χ2v) is 6.87. The second-order valence-electron chi connectivity index (χ2n) is 6.09. The number of nitrogens with zero attached hydrogens (tertiary/aromatic N) is 1. The van der Waals surface area contributed by atoms with Crippen molar-refractivity contribution in [3.8, 4) is 5.69 Å². The highest BCUT2D eigenvalue weighted by Crippen LogP contribution is 2.31. The van der Waals surface area contributed by atoms with Crippen molar-refractivity contribution >= 4 is 35.1 Å². The number of halogens is 3. The number of benzene rings is 2. The quantitative estimate of drug-likeness (QED) is 0.548. The van der Waals surface area contributed by atoms with Gasteiger partial charge in [0.05, 0.1) is 28.2 Å². The van der Waals surface area contributed by atoms with Crippen molar-refractivity contribution in [3.63, 3.8) is 0 Å². The summed E-state index contributed by atoms with van der Waals surface area (Å²) < 4.78 is 14.1. The summed E-state index contributed by atoms with van der Waals surface area (Å²) in [5.74, 6) is -2.35. The molecular formula is C19H14Cl2FN3O4. The number of aromatic nitrogens is 2. The summed E-state index contributed by atoms with van der Waals surface area (Å²) >= 11 is 12.1. The largest absolute Gasteiger partial charge is 0.481 e. The lowest BCUT2D eigenvalue weighted by Crippen LogP contribution is -2.30. The Morgan fingerprint density at radius 1 is 1.17 bits per heavy atom. The van der Waals surface area contributed by atoms with Gasteiger partial charge in [-0.15, -0.1) is 0 Å². The Bertz CT molecular complexity index is 1130. The Kier molecular flexibility index (Phi) is 6.05. The summed E-state index contributed by atoms with van der Waals surface area (Å²) in [7, 11) is 0. The fourth-order valence-corrected chi connectivity index (χ4v) is 3.17. The van der Waals surface area contributed by atoms with Crippen LogP contribution in [0.1, 0.15) is 28.5 Å². The van der Waals surface area contributed by atoms with E-state index in [9.17, 15) is 23.9 Å². The Morgan fingerprint density at radius 3 is 2.52 bits per heavy atom. The van der Waals surface area contributed by atoms with Gasteiger partial charge in [0.25, 0.3) is 11.5 Å². The number of carboxylic acid groups (broad SMARTS) is 1. The van der Waals surface area contributed by atoms with Gasteiger partial charge < -0.3 is 10.4 Å². The Hall–Kier alpha value is -3.10. The Labute approximate surface area is 173 Å². The number of amides is 1. The monoisotopic (exact) mass is 437 g/mol. The first-order valence-corrected chi connectivity index (χ1v) is 9.06. The van der Waals surface area contributed by atoms with Crippen molar-refractivity contribution in [3.05, 3.63) is 86.0 Å². The molecule has 3 aromatic rings. The van der Waals surface area contributed by atoms with Crippen LogP contribution in [0.5, 0.6) is 0 Å². The molecule has 3 rings (SSSR count). The van der Waals surface area contributed by atoms with Crippen molar-refractivity contribution < 1.29 is 19.1 Å². The van der Waals surface area contributed by atoms with Crippen LogP contribution in [-0.4, -0.2) is 26.8 Å². The average Bonchev–Trinajstić information content (AvgIpc) is 3.05. The fourth-order valence-electron chi connectivity index (χ4n) is 2.73. The minimum Gasteiger partial charge on any atom is -0.481 e. The normalized spacial score (nSPS) is 11.8. The predicted molar refractivity (Wildman–Crippen MR) is 105 cm³/mol. The van der Waals surface area contributed by atoms with Crippen LogP contribution >= 0.6 is 23.2 Å². The fraction of sp³-hybridized carbons (Fsp3) is 0.105. The first-order valence-electron chi connectivity index (χ1n) is 8.31. The molecule has 1 atom stereocenters. The summed E-state index contributed by atoms with van der Waals surface area (Å²) in [6.07, 6.45) is -0.450. The molecule has 150 valence electrons. The van der Waals surface area contributed by atoms with E-state index in [0.717, 1.165) is 10.7 Å². The third kappa shape index (κ3) is 4.67. The maximum absolute atomic E-state index is 13.1. The molecule has 3 N–H and O–H groups in total. The zero-order chi connectivity index (χ0) is 21.1. The molecule has 10 heteroatoms. The van der Waals surface area contributed by atoms with Crippen molar-refractivity contribution in [2.24, 2.45) is 0 Å². The highest BCUT2D eigenvalue weighted by atomic mass is 35.5. The van der Waals surface area contributed by atoms with Crippen LogP contribution in [0.2, 0.25) is 10.0 Å². The van der Waals surface area contributed by atoms with Crippen LogP contribution in [0.15, 0.2) is 53.3 Å². The Balaban J connectivity index is 1.89. The van der Waals surface area contributed by atoms with Gasteiger partial charge in [-0.3, -0.25) is 19.5 Å². The van der Waals surface area contributed by atoms with Crippen LogP contribution in [0.3, 0.4) is 0 Å². The van der Waals surface area contributed by atoms with E-state index in [2.05, 4.69) is 10.4 Å². The maximum Gasteiger partial charge on any atom is 0.305 e. The van der Waals surface area contributed by atoms with Gasteiger partial charge >= 0.3 is 5.97 Å². The standard InChI is InChI=1S/C19H14Cl2FN3O4/c20-13-3-1-2-12(18(13)21)14(9-17(27)28)23-19(29)15-8-16(26)25(24-15)11-6-4-10(22)5-7-11/h1-8,14,24H,9H2,(H,23,29)(H,27,28). The van der Waals surface area contributed by atoms with Crippen molar-refractivity contribution in [1.29, 1.82) is 0 Å². The lowest BCUT2D eigenvalue weighted by Gasteiger charge is -2.18. The third-order valence-electron chi connectivity index (χ3n) is 4.09. The summed E-state index contributed by atoms with van der Waals surface area (Å²) in [4.78, 5) is 36.1. The van der Waals surface area contributed by atoms with E-state index < -0.39 is 35.7 Å². The molecule has 29 heavy (non-hydrogen) atoms. The zero-order valence-electron chi connectivity index (χ0n) is 14.7. The molecule has 1 aromatic heterocycles. The number of hydrogen-bond acceptors (Lipinski definition) is 3. The maximum atomic E-state index is 13.1. The van der Waals surface area contributed by atoms with Gasteiger partial charge in [-0.1, -0.05) is 35.3 Å². The highest BCUT2D eigenvalue weighted by Gasteiger charge is 2.23. The number of carbonyl (C=O) groups excluding carboxylic acids is 1. The van der Waals surface area contributed by atoms with Gasteiger partial charge in [-0.25, -0.2) is 9.07 Å². The molecule has 0 radical (unpaired) electrons. The van der Waals surface area contributed by atoms with E-state index in [1.807, 2.05) is 0 Å². The summed E-state index contributed by atoms with van der Waals surface area (Å²) in [5.41, 5.74) is 0.0100. The first kappa shape index (κ1) is 20.6. The number of aliphatic carboxylic acids is 1. The topological polar surface area (TPSA) is 104 Å². The number of carboxylic acids is 1. The molecule has 0 aliphatic carbocycles. The molecule has 0 spiro atoms. The van der Waals surface area contributed by atoms with Crippen LogP contribution in [0.4, 0.5) is 4.39 Å². The molecule has 1 unspecified atom stereocenters. The number of aromatic amines is 1. The lowest BCUT2D eigenvalue weighted by atomic mass is 10.0. The molecule has 2 aromatic carbocycles. The average molecular weight is 438 g/mol. The minimum atomic E-state index is -1.16. The van der Waals surface area contributed by atoms with Crippen LogP contribution < -0.4 is 10.9 Å². The molecule has 1 heterocycles. The van der Waals surface area contributed by atoms with Crippen molar-refractivity contribution in [2.75, 3.05) is 0 Å². The molecule has 0 bridgehead atoms. The van der Waals surface area contributed by atoms with Gasteiger partial charge in [-0.2, -0.15) is 0 Å². The van der Waals surface area contributed by atoms with E-state index >= 15 is 0 Å². The van der Waals surface area contributed by atoms with Gasteiger partial charge in [0.15, 0.2) is 0 Å². The molecule has 0 aliphatic heterocycles. The SMILES string of the molecule is O=C(O)CC(NC(=O)c1cc(=O)n(-c2ccc(F)cc2)[nH]1)c1cccc(Cl)c1Cl. The first-order chi connectivity index (χ1) is 13.8. The van der Waals surface area contributed by atoms with Crippen molar-refractivity contribution in [1.82, 2.24) is 15.1 Å². The Morgan fingerprint density at radius 2 is 1.86 bits per heavy atom. The summed E-state index contributed by atoms with van der Waals surface area (Å²) in [6, 6.07) is 9.82. The van der Waals surface area contributed by atoms with Gasteiger partial charge in [-0.05, 0) is 35.9 Å². The molecule has 0 aliphatic rings. The van der Waals surface area contributed by atoms with E-state index in [0.29, 0.717) is 11.3 Å². The van der Waals surface area contributed by atoms with Gasteiger partial charge in [0.2, 0.25) is 0 Å². The molecule has 1 amide bonds. The number of hydrogen-bond donors (Lipinski definition) is 3.